The Hall–Kier alpha value is -7.16. The number of nitrogens with zero attached hydrogens (tertiary/aromatic N) is 2. The summed E-state index contributed by atoms with van der Waals surface area (Å²) in [5.41, 5.74) is 20.8. The van der Waals surface area contributed by atoms with Gasteiger partial charge in [-0.2, -0.15) is 0 Å². The molecule has 10 rings (SSSR count). The highest BCUT2D eigenvalue weighted by Gasteiger charge is 2.29. The van der Waals surface area contributed by atoms with Crippen molar-refractivity contribution in [1.29, 1.82) is 0 Å². The molecule has 0 atom stereocenters. The number of hydrogen-bond donors (Lipinski definition) is 0. The number of benzene rings is 10. The van der Waals surface area contributed by atoms with Crippen molar-refractivity contribution >= 4 is 66.4 Å². The molecule has 0 fully saturated rings. The van der Waals surface area contributed by atoms with Crippen molar-refractivity contribution in [2.75, 3.05) is 9.80 Å². The van der Waals surface area contributed by atoms with Crippen LogP contribution in [0.25, 0.3) is 54.6 Å². The molecule has 2 heteroatoms. The predicted octanol–water partition coefficient (Wildman–Crippen LogP) is 19.6. The predicted molar refractivity (Wildman–Crippen MR) is 296 cm³/mol. The van der Waals surface area contributed by atoms with Gasteiger partial charge < -0.3 is 9.80 Å². The first-order chi connectivity index (χ1) is 32.7. The number of rotatable bonds is 10. The third-order valence-electron chi connectivity index (χ3n) is 14.5. The summed E-state index contributed by atoms with van der Waals surface area (Å²) in [6, 6.07) is 66.6. The Balaban J connectivity index is 1.40. The summed E-state index contributed by atoms with van der Waals surface area (Å²) in [7, 11) is 0. The molecule has 338 valence electrons. The van der Waals surface area contributed by atoms with Crippen LogP contribution in [-0.4, -0.2) is 0 Å². The monoisotopic (exact) mass is 885 g/mol. The van der Waals surface area contributed by atoms with Crippen molar-refractivity contribution < 1.29 is 0 Å². The van der Waals surface area contributed by atoms with Crippen molar-refractivity contribution in [3.05, 3.63) is 215 Å². The summed E-state index contributed by atoms with van der Waals surface area (Å²) in [5.74, 6) is 0.713. The van der Waals surface area contributed by atoms with Crippen LogP contribution in [-0.2, 0) is 5.41 Å². The van der Waals surface area contributed by atoms with Gasteiger partial charge in [-0.25, -0.2) is 0 Å². The molecule has 2 nitrogen and oxygen atoms in total. The first kappa shape index (κ1) is 44.7. The maximum atomic E-state index is 2.60. The lowest BCUT2D eigenvalue weighted by Crippen LogP contribution is -2.18. The molecule has 0 unspecified atom stereocenters. The fourth-order valence-electron chi connectivity index (χ4n) is 10.7. The van der Waals surface area contributed by atoms with E-state index in [9.17, 15) is 0 Å². The lowest BCUT2D eigenvalue weighted by atomic mass is 9.83. The molecule has 0 bridgehead atoms. The van der Waals surface area contributed by atoms with Gasteiger partial charge in [-0.15, -0.1) is 0 Å². The van der Waals surface area contributed by atoms with Gasteiger partial charge in [-0.05, 0) is 153 Å². The minimum atomic E-state index is -0.00508. The van der Waals surface area contributed by atoms with Crippen LogP contribution in [0.5, 0.6) is 0 Å². The van der Waals surface area contributed by atoms with Crippen LogP contribution in [0.15, 0.2) is 176 Å². The van der Waals surface area contributed by atoms with Gasteiger partial charge in [0.05, 0.1) is 22.7 Å². The average molecular weight is 885 g/mol. The maximum Gasteiger partial charge on any atom is 0.0561 e. The van der Waals surface area contributed by atoms with Crippen molar-refractivity contribution in [2.45, 2.75) is 93.4 Å². The molecule has 0 N–H and O–H groups in total. The van der Waals surface area contributed by atoms with Crippen LogP contribution in [0.3, 0.4) is 0 Å². The Morgan fingerprint density at radius 2 is 0.824 bits per heavy atom. The fourth-order valence-corrected chi connectivity index (χ4v) is 10.7. The van der Waals surface area contributed by atoms with Gasteiger partial charge in [0, 0.05) is 27.5 Å². The lowest BCUT2D eigenvalue weighted by Gasteiger charge is -2.35. The quantitative estimate of drug-likeness (QED) is 0.126. The topological polar surface area (TPSA) is 6.48 Å². The Morgan fingerprint density at radius 3 is 1.22 bits per heavy atom. The lowest BCUT2D eigenvalue weighted by molar-refractivity contribution is 0.591. The van der Waals surface area contributed by atoms with Gasteiger partial charge in [0.25, 0.3) is 0 Å². The summed E-state index contributed by atoms with van der Waals surface area (Å²) < 4.78 is 0. The van der Waals surface area contributed by atoms with E-state index in [4.69, 9.17) is 0 Å². The first-order valence-electron chi connectivity index (χ1n) is 24.6. The Morgan fingerprint density at radius 1 is 0.397 bits per heavy atom. The van der Waals surface area contributed by atoms with E-state index in [1.807, 2.05) is 0 Å². The minimum Gasteiger partial charge on any atom is -0.309 e. The average Bonchev–Trinajstić information content (AvgIpc) is 3.33. The molecule has 0 aliphatic heterocycles. The van der Waals surface area contributed by atoms with E-state index in [1.165, 1.54) is 105 Å². The van der Waals surface area contributed by atoms with E-state index in [0.717, 1.165) is 22.7 Å². The molecule has 0 aromatic heterocycles. The Labute approximate surface area is 404 Å². The number of hydrogen-bond acceptors (Lipinski definition) is 2. The summed E-state index contributed by atoms with van der Waals surface area (Å²) in [4.78, 5) is 5.20. The van der Waals surface area contributed by atoms with Crippen molar-refractivity contribution in [3.8, 4) is 22.3 Å². The summed E-state index contributed by atoms with van der Waals surface area (Å²) in [5, 5.41) is 7.59. The number of aryl methyl sites for hydroxylation is 2. The highest BCUT2D eigenvalue weighted by Crippen LogP contribution is 2.53. The normalized spacial score (nSPS) is 12.0. The third-order valence-corrected chi connectivity index (χ3v) is 14.5. The van der Waals surface area contributed by atoms with Crippen LogP contribution in [0.4, 0.5) is 34.1 Å². The standard InChI is InChI=1S/C66H64N2/c1-41(2)49-24-18-26-54(38-49)67(64-43(5)28-32-56(45(64)7)47-20-14-12-15-21-47)60-40-61(59-35-31-52-37-53(66(9,10)11)36-51-30-34-58(60)63(59)62(51)52)68(55-27-19-25-50(39-55)42(3)4)65-44(6)29-33-57(46(65)8)48-22-16-13-17-23-48/h12-42H,1-11H3. The van der Waals surface area contributed by atoms with E-state index in [-0.39, 0.29) is 5.41 Å². The van der Waals surface area contributed by atoms with Gasteiger partial charge in [0.15, 0.2) is 0 Å². The molecule has 0 aliphatic rings. The van der Waals surface area contributed by atoms with E-state index < -0.39 is 0 Å². The van der Waals surface area contributed by atoms with Gasteiger partial charge in [0.1, 0.15) is 0 Å². The molecular weight excluding hydrogens is 821 g/mol. The van der Waals surface area contributed by atoms with Gasteiger partial charge in [-0.3, -0.25) is 0 Å². The molecule has 68 heavy (non-hydrogen) atoms. The Bertz CT molecular complexity index is 3260. The van der Waals surface area contributed by atoms with E-state index in [0.29, 0.717) is 11.8 Å². The Kier molecular flexibility index (Phi) is 11.5. The van der Waals surface area contributed by atoms with E-state index in [2.05, 4.69) is 262 Å². The molecule has 0 radical (unpaired) electrons. The summed E-state index contributed by atoms with van der Waals surface area (Å²) in [6.07, 6.45) is 0. The van der Waals surface area contributed by atoms with Gasteiger partial charge in [-0.1, -0.05) is 194 Å². The number of anilines is 6. The van der Waals surface area contributed by atoms with Crippen molar-refractivity contribution in [1.82, 2.24) is 0 Å². The molecule has 0 heterocycles. The third kappa shape index (κ3) is 7.80. The van der Waals surface area contributed by atoms with Crippen LogP contribution in [0.2, 0.25) is 0 Å². The molecule has 10 aromatic rings. The zero-order valence-electron chi connectivity index (χ0n) is 41.8. The van der Waals surface area contributed by atoms with Crippen LogP contribution < -0.4 is 9.80 Å². The van der Waals surface area contributed by atoms with Crippen LogP contribution in [0, 0.1) is 27.7 Å². The van der Waals surface area contributed by atoms with Crippen molar-refractivity contribution in [3.63, 3.8) is 0 Å². The summed E-state index contributed by atoms with van der Waals surface area (Å²) >= 11 is 0. The molecule has 0 saturated carbocycles. The molecule has 10 aromatic carbocycles. The van der Waals surface area contributed by atoms with Crippen LogP contribution >= 0.6 is 0 Å². The SMILES string of the molecule is Cc1ccc(-c2ccccc2)c(C)c1N(c1cccc(C(C)C)c1)c1cc(N(c2cccc(C(C)C)c2)c2c(C)ccc(-c3ccccc3)c2C)c2ccc3cc(C(C)(C)C)cc4ccc1c2c43. The zero-order chi connectivity index (χ0) is 47.6. The fraction of sp³-hybridized carbons (Fsp3) is 0.212. The second-order valence-corrected chi connectivity index (χ2v) is 20.8. The highest BCUT2D eigenvalue weighted by molar-refractivity contribution is 6.29. The van der Waals surface area contributed by atoms with Gasteiger partial charge >= 0.3 is 0 Å². The molecule has 0 saturated heterocycles. The maximum absolute atomic E-state index is 2.60. The molecule has 0 amide bonds. The second kappa shape index (κ2) is 17.5. The van der Waals surface area contributed by atoms with E-state index in [1.54, 1.807) is 0 Å². The second-order valence-electron chi connectivity index (χ2n) is 20.8. The minimum absolute atomic E-state index is 0.00508. The highest BCUT2D eigenvalue weighted by atomic mass is 15.2. The largest absolute Gasteiger partial charge is 0.309 e. The van der Waals surface area contributed by atoms with Crippen LogP contribution in [0.1, 0.15) is 99.2 Å². The molecule has 0 spiro atoms. The first-order valence-corrected chi connectivity index (χ1v) is 24.6. The zero-order valence-corrected chi connectivity index (χ0v) is 41.8. The van der Waals surface area contributed by atoms with E-state index >= 15 is 0 Å². The van der Waals surface area contributed by atoms with Crippen molar-refractivity contribution in [2.24, 2.45) is 0 Å². The summed E-state index contributed by atoms with van der Waals surface area (Å²) in [6.45, 7) is 25.4. The van der Waals surface area contributed by atoms with Gasteiger partial charge in [0.2, 0.25) is 0 Å². The smallest absolute Gasteiger partial charge is 0.0561 e. The molecular formula is C66H64N2. The molecule has 0 aliphatic carbocycles.